The molecule has 0 aromatic carbocycles. The number of phosphoric ester groups is 1. The maximum atomic E-state index is 12.0. The van der Waals surface area contributed by atoms with E-state index in [1.54, 1.807) is 0 Å². The van der Waals surface area contributed by atoms with Crippen molar-refractivity contribution in [3.8, 4) is 0 Å². The molecule has 4 atom stereocenters. The van der Waals surface area contributed by atoms with Gasteiger partial charge in [-0.1, -0.05) is 13.8 Å². The molecular formula is C12H20N3O7P. The van der Waals surface area contributed by atoms with Gasteiger partial charge in [0.1, 0.15) is 12.3 Å². The fraction of sp³-hybridized carbons (Fsp3) is 0.667. The van der Waals surface area contributed by atoms with E-state index in [4.69, 9.17) is 9.26 Å². The van der Waals surface area contributed by atoms with Gasteiger partial charge in [0, 0.05) is 18.2 Å². The quantitative estimate of drug-likeness (QED) is 0.722. The molecule has 2 aliphatic heterocycles. The summed E-state index contributed by atoms with van der Waals surface area (Å²) in [5.74, 6) is -0.0688. The fourth-order valence-corrected chi connectivity index (χ4v) is 3.56. The standard InChI is InChI=1S/C12H17N2O7P.H3N/c1-6(2)7-4-14(12(16)13-11(7)15)10-3-8-9(20-10)5-19-22(17,18)21-8;/h4,6,8-10H,3,5H2,1-2H3,(H,17,18)(H,13,15,16);1H3. The van der Waals surface area contributed by atoms with Gasteiger partial charge in [0.05, 0.1) is 12.7 Å². The van der Waals surface area contributed by atoms with Gasteiger partial charge in [-0.15, -0.1) is 0 Å². The smallest absolute Gasteiger partial charge is 0.330 e. The van der Waals surface area contributed by atoms with Crippen LogP contribution in [0.3, 0.4) is 0 Å². The molecule has 4 unspecified atom stereocenters. The molecule has 0 aliphatic carbocycles. The Morgan fingerprint density at radius 1 is 1.39 bits per heavy atom. The molecule has 2 fully saturated rings. The Kier molecular flexibility index (Phi) is 4.95. The maximum Gasteiger partial charge on any atom is 0.330 e. The second-order valence-electron chi connectivity index (χ2n) is 5.66. The first-order valence-electron chi connectivity index (χ1n) is 6.91. The minimum Gasteiger partial charge on any atom is -0.756 e. The highest BCUT2D eigenvalue weighted by Gasteiger charge is 2.43. The molecule has 1 aromatic rings. The molecule has 3 heterocycles. The van der Waals surface area contributed by atoms with Crippen LogP contribution in [0.25, 0.3) is 0 Å². The molecule has 3 rings (SSSR count). The predicted octanol–water partition coefficient (Wildman–Crippen LogP) is 0.208. The van der Waals surface area contributed by atoms with Gasteiger partial charge in [-0.2, -0.15) is 0 Å². The summed E-state index contributed by atoms with van der Waals surface area (Å²) in [6, 6.07) is 0. The normalized spacial score (nSPS) is 33.3. The average Bonchev–Trinajstić information content (AvgIpc) is 2.79. The van der Waals surface area contributed by atoms with Gasteiger partial charge in [0.25, 0.3) is 13.4 Å². The van der Waals surface area contributed by atoms with Gasteiger partial charge >= 0.3 is 5.69 Å². The van der Waals surface area contributed by atoms with Crippen LogP contribution in [0, 0.1) is 0 Å². The first kappa shape index (κ1) is 18.1. The number of rotatable bonds is 2. The third-order valence-electron chi connectivity index (χ3n) is 3.77. The van der Waals surface area contributed by atoms with E-state index in [1.807, 2.05) is 13.8 Å². The number of nitrogens with zero attached hydrogens (tertiary/aromatic N) is 1. The van der Waals surface area contributed by atoms with E-state index in [0.717, 1.165) is 0 Å². The second kappa shape index (κ2) is 6.31. The number of hydrogen-bond acceptors (Lipinski definition) is 7. The van der Waals surface area contributed by atoms with Crippen molar-refractivity contribution in [2.45, 2.75) is 44.6 Å². The Hall–Kier alpha value is -1.29. The lowest BCUT2D eigenvalue weighted by molar-refractivity contribution is -0.243. The predicted molar refractivity (Wildman–Crippen MR) is 78.4 cm³/mol. The van der Waals surface area contributed by atoms with Gasteiger partial charge in [0.2, 0.25) is 0 Å². The molecule has 23 heavy (non-hydrogen) atoms. The van der Waals surface area contributed by atoms with Crippen molar-refractivity contribution in [1.29, 1.82) is 0 Å². The summed E-state index contributed by atoms with van der Waals surface area (Å²) in [5.41, 5.74) is -0.593. The average molecular weight is 349 g/mol. The van der Waals surface area contributed by atoms with Crippen molar-refractivity contribution in [2.24, 2.45) is 0 Å². The number of fused-ring (bicyclic) bond motifs is 1. The molecule has 2 aliphatic rings. The van der Waals surface area contributed by atoms with Crippen molar-refractivity contribution < 1.29 is 23.2 Å². The summed E-state index contributed by atoms with van der Waals surface area (Å²) in [7, 11) is -4.29. The minimum atomic E-state index is -4.29. The van der Waals surface area contributed by atoms with Crippen LogP contribution in [0.15, 0.2) is 15.8 Å². The van der Waals surface area contributed by atoms with Gasteiger partial charge in [0.15, 0.2) is 0 Å². The topological polar surface area (TPSA) is 159 Å². The summed E-state index contributed by atoms with van der Waals surface area (Å²) in [4.78, 5) is 37.3. The van der Waals surface area contributed by atoms with Crippen molar-refractivity contribution >= 4 is 7.82 Å². The molecular weight excluding hydrogens is 329 g/mol. The van der Waals surface area contributed by atoms with Crippen LogP contribution >= 0.6 is 7.82 Å². The molecule has 5 N–H and O–H groups in total. The van der Waals surface area contributed by atoms with Crippen LogP contribution in [0.5, 0.6) is 0 Å². The summed E-state index contributed by atoms with van der Waals surface area (Å²) in [5, 5.41) is 0. The van der Waals surface area contributed by atoms with Crippen LogP contribution in [-0.4, -0.2) is 28.4 Å². The van der Waals surface area contributed by atoms with E-state index >= 15 is 0 Å². The number of H-pyrrole nitrogens is 1. The van der Waals surface area contributed by atoms with E-state index in [-0.39, 0.29) is 25.1 Å². The lowest BCUT2D eigenvalue weighted by Gasteiger charge is -2.33. The summed E-state index contributed by atoms with van der Waals surface area (Å²) < 4.78 is 27.6. The number of aromatic nitrogens is 2. The number of phosphoric acid groups is 1. The number of nitrogens with one attached hydrogen (secondary N) is 1. The molecule has 2 saturated heterocycles. The zero-order chi connectivity index (χ0) is 16.1. The van der Waals surface area contributed by atoms with Crippen molar-refractivity contribution in [1.82, 2.24) is 15.7 Å². The van der Waals surface area contributed by atoms with E-state index in [9.17, 15) is 19.0 Å². The third-order valence-corrected chi connectivity index (χ3v) is 4.76. The van der Waals surface area contributed by atoms with E-state index < -0.39 is 37.5 Å². The largest absolute Gasteiger partial charge is 0.756 e. The third kappa shape index (κ3) is 3.47. The first-order chi connectivity index (χ1) is 10.3. The highest BCUT2D eigenvalue weighted by Crippen LogP contribution is 2.49. The van der Waals surface area contributed by atoms with E-state index in [2.05, 4.69) is 9.51 Å². The second-order valence-corrected chi connectivity index (χ2v) is 7.02. The Morgan fingerprint density at radius 3 is 2.74 bits per heavy atom. The van der Waals surface area contributed by atoms with E-state index in [1.165, 1.54) is 10.8 Å². The number of hydrogen-bond donors (Lipinski definition) is 2. The Morgan fingerprint density at radius 2 is 2.09 bits per heavy atom. The van der Waals surface area contributed by atoms with Crippen LogP contribution in [-0.2, 0) is 18.3 Å². The Bertz CT molecular complexity index is 743. The molecule has 1 aromatic heterocycles. The molecule has 11 heteroatoms. The molecule has 10 nitrogen and oxygen atoms in total. The molecule has 0 spiro atoms. The highest BCUT2D eigenvalue weighted by molar-refractivity contribution is 7.45. The molecule has 0 amide bonds. The minimum absolute atomic E-state index is 0. The number of aromatic amines is 1. The zero-order valence-electron chi connectivity index (χ0n) is 13.1. The van der Waals surface area contributed by atoms with Crippen molar-refractivity contribution in [3.63, 3.8) is 0 Å². The molecule has 0 saturated carbocycles. The summed E-state index contributed by atoms with van der Waals surface area (Å²) in [6.07, 6.45) is -0.334. The summed E-state index contributed by atoms with van der Waals surface area (Å²) in [6.45, 7) is 3.52. The summed E-state index contributed by atoms with van der Waals surface area (Å²) >= 11 is 0. The zero-order valence-corrected chi connectivity index (χ0v) is 13.9. The lowest BCUT2D eigenvalue weighted by atomic mass is 10.1. The van der Waals surface area contributed by atoms with Crippen LogP contribution < -0.4 is 22.3 Å². The number of quaternary nitrogens is 1. The molecule has 130 valence electrons. The first-order valence-corrected chi connectivity index (χ1v) is 8.38. The Balaban J connectivity index is 0.00000192. The van der Waals surface area contributed by atoms with Gasteiger partial charge in [-0.25, -0.2) is 4.79 Å². The van der Waals surface area contributed by atoms with Gasteiger partial charge < -0.3 is 24.8 Å². The maximum absolute atomic E-state index is 12.0. The van der Waals surface area contributed by atoms with E-state index in [0.29, 0.717) is 5.56 Å². The lowest BCUT2D eigenvalue weighted by Crippen LogP contribution is -2.35. The molecule has 0 bridgehead atoms. The SMILES string of the molecule is CC(C)c1cn(C2CC3OP(=O)([O-])OCC3O2)c(=O)[nH]c1=O.[NH4+]. The monoisotopic (exact) mass is 349 g/mol. The highest BCUT2D eigenvalue weighted by atomic mass is 31.2. The Labute approximate surface area is 131 Å². The van der Waals surface area contributed by atoms with Crippen LogP contribution in [0.2, 0.25) is 0 Å². The van der Waals surface area contributed by atoms with Crippen LogP contribution in [0.1, 0.15) is 38.0 Å². The fourth-order valence-electron chi connectivity index (χ4n) is 2.62. The van der Waals surface area contributed by atoms with Gasteiger partial charge in [-0.3, -0.25) is 18.9 Å². The van der Waals surface area contributed by atoms with Crippen LogP contribution in [0.4, 0.5) is 0 Å². The number of ether oxygens (including phenoxy) is 1. The van der Waals surface area contributed by atoms with Gasteiger partial charge in [-0.05, 0) is 5.92 Å². The van der Waals surface area contributed by atoms with Crippen molar-refractivity contribution in [2.75, 3.05) is 6.61 Å². The van der Waals surface area contributed by atoms with Crippen molar-refractivity contribution in [3.05, 3.63) is 32.6 Å². The molecule has 0 radical (unpaired) electrons.